The maximum atomic E-state index is 15.0. The van der Waals surface area contributed by atoms with Crippen LogP contribution in [0.25, 0.3) is 10.9 Å². The summed E-state index contributed by atoms with van der Waals surface area (Å²) >= 11 is 0. The van der Waals surface area contributed by atoms with E-state index in [9.17, 15) is 19.1 Å². The normalized spacial score (nSPS) is 14.0. The number of carboxylic acid groups (broad SMARTS) is 1. The second-order valence-corrected chi connectivity index (χ2v) is 9.66. The predicted molar refractivity (Wildman–Crippen MR) is 123 cm³/mol. The highest BCUT2D eigenvalue weighted by atomic mass is 19.1. The largest absolute Gasteiger partial charge is 0.481 e. The average Bonchev–Trinajstić information content (AvgIpc) is 3.24. The average molecular weight is 455 g/mol. The van der Waals surface area contributed by atoms with Gasteiger partial charge in [0.15, 0.2) is 0 Å². The van der Waals surface area contributed by atoms with Crippen molar-refractivity contribution in [1.29, 1.82) is 0 Å². The number of hydrogen-bond donors (Lipinski definition) is 1. The summed E-state index contributed by atoms with van der Waals surface area (Å²) in [5.74, 6) is -1.11. The topological polar surface area (TPSA) is 80.4 Å². The summed E-state index contributed by atoms with van der Waals surface area (Å²) in [7, 11) is 1.88. The zero-order valence-corrected chi connectivity index (χ0v) is 19.7. The molecule has 0 fully saturated rings. The fraction of sp³-hybridized carbons (Fsp3) is 0.480. The first-order chi connectivity index (χ1) is 15.6. The molecule has 2 aromatic heterocycles. The SMILES string of the molecule is Cc1cc(Cn2c3c(c4cccc(F)c42)CCN(C(=O)CCCC(C)(C)C(=O)O)C3)n(C)n1. The molecule has 7 nitrogen and oxygen atoms in total. The molecular formula is C25H31FN4O3. The van der Waals surface area contributed by atoms with Gasteiger partial charge in [0.25, 0.3) is 0 Å². The van der Waals surface area contributed by atoms with Crippen molar-refractivity contribution in [2.75, 3.05) is 6.54 Å². The molecule has 3 heterocycles. The molecule has 0 unspecified atom stereocenters. The van der Waals surface area contributed by atoms with Gasteiger partial charge in [-0.2, -0.15) is 5.10 Å². The molecule has 1 N–H and O–H groups in total. The number of amides is 1. The molecule has 0 bridgehead atoms. The molecule has 0 saturated carbocycles. The Hall–Kier alpha value is -3.16. The zero-order chi connectivity index (χ0) is 23.9. The Bertz CT molecular complexity index is 1220. The minimum absolute atomic E-state index is 0.00972. The lowest BCUT2D eigenvalue weighted by molar-refractivity contribution is -0.147. The van der Waals surface area contributed by atoms with Crippen LogP contribution in [0.3, 0.4) is 0 Å². The highest BCUT2D eigenvalue weighted by Crippen LogP contribution is 2.33. The second kappa shape index (κ2) is 8.65. The van der Waals surface area contributed by atoms with Gasteiger partial charge in [0.2, 0.25) is 5.91 Å². The maximum absolute atomic E-state index is 15.0. The third-order valence-electron chi connectivity index (χ3n) is 6.77. The number of hydrogen-bond acceptors (Lipinski definition) is 3. The molecule has 1 aromatic carbocycles. The van der Waals surface area contributed by atoms with Crippen LogP contribution in [0, 0.1) is 18.2 Å². The van der Waals surface area contributed by atoms with E-state index in [4.69, 9.17) is 0 Å². The molecule has 1 aliphatic heterocycles. The molecular weight excluding hydrogens is 423 g/mol. The van der Waals surface area contributed by atoms with Gasteiger partial charge >= 0.3 is 5.97 Å². The monoisotopic (exact) mass is 454 g/mol. The van der Waals surface area contributed by atoms with Gasteiger partial charge < -0.3 is 14.6 Å². The number of fused-ring (bicyclic) bond motifs is 3. The summed E-state index contributed by atoms with van der Waals surface area (Å²) in [6.07, 6.45) is 1.94. The fourth-order valence-electron chi connectivity index (χ4n) is 4.76. The number of halogens is 1. The van der Waals surface area contributed by atoms with Gasteiger partial charge in [-0.3, -0.25) is 14.3 Å². The van der Waals surface area contributed by atoms with Crippen LogP contribution in [0.5, 0.6) is 0 Å². The molecule has 0 saturated heterocycles. The van der Waals surface area contributed by atoms with Crippen LogP contribution in [0.2, 0.25) is 0 Å². The van der Waals surface area contributed by atoms with Crippen molar-refractivity contribution < 1.29 is 19.1 Å². The lowest BCUT2D eigenvalue weighted by Crippen LogP contribution is -2.37. The number of nitrogens with zero attached hydrogens (tertiary/aromatic N) is 4. The molecule has 1 aliphatic rings. The number of carboxylic acids is 1. The van der Waals surface area contributed by atoms with Crippen molar-refractivity contribution in [3.63, 3.8) is 0 Å². The van der Waals surface area contributed by atoms with Crippen molar-refractivity contribution in [2.45, 2.75) is 59.5 Å². The molecule has 4 rings (SSSR count). The van der Waals surface area contributed by atoms with Crippen LogP contribution in [-0.4, -0.2) is 42.8 Å². The number of aromatic nitrogens is 3. The first-order valence-electron chi connectivity index (χ1n) is 11.4. The number of carbonyl (C=O) groups excluding carboxylic acids is 1. The van der Waals surface area contributed by atoms with E-state index in [0.717, 1.165) is 28.0 Å². The predicted octanol–water partition coefficient (Wildman–Crippen LogP) is 4.04. The van der Waals surface area contributed by atoms with Crippen LogP contribution in [-0.2, 0) is 36.1 Å². The first kappa shape index (κ1) is 23.0. The van der Waals surface area contributed by atoms with E-state index in [1.165, 1.54) is 6.07 Å². The highest BCUT2D eigenvalue weighted by molar-refractivity contribution is 5.87. The van der Waals surface area contributed by atoms with E-state index < -0.39 is 11.4 Å². The van der Waals surface area contributed by atoms with Crippen molar-refractivity contribution in [2.24, 2.45) is 12.5 Å². The van der Waals surface area contributed by atoms with Crippen LogP contribution < -0.4 is 0 Å². The van der Waals surface area contributed by atoms with Crippen molar-refractivity contribution in [3.8, 4) is 0 Å². The number of benzene rings is 1. The van der Waals surface area contributed by atoms with Crippen LogP contribution in [0.1, 0.15) is 55.8 Å². The summed E-state index contributed by atoms with van der Waals surface area (Å²) in [5, 5.41) is 14.6. The van der Waals surface area contributed by atoms with Gasteiger partial charge in [-0.15, -0.1) is 0 Å². The van der Waals surface area contributed by atoms with Crippen LogP contribution >= 0.6 is 0 Å². The Morgan fingerprint density at radius 2 is 2.03 bits per heavy atom. The molecule has 8 heteroatoms. The van der Waals surface area contributed by atoms with Crippen molar-refractivity contribution >= 4 is 22.8 Å². The summed E-state index contributed by atoms with van der Waals surface area (Å²) < 4.78 is 18.8. The Morgan fingerprint density at radius 3 is 2.70 bits per heavy atom. The summed E-state index contributed by atoms with van der Waals surface area (Å²) in [6, 6.07) is 7.16. The summed E-state index contributed by atoms with van der Waals surface area (Å²) in [4.78, 5) is 26.1. The molecule has 0 aliphatic carbocycles. The van der Waals surface area contributed by atoms with Crippen molar-refractivity contribution in [1.82, 2.24) is 19.2 Å². The van der Waals surface area contributed by atoms with Gasteiger partial charge in [-0.25, -0.2) is 4.39 Å². The number of aryl methyl sites for hydroxylation is 2. The minimum Gasteiger partial charge on any atom is -0.481 e. The highest BCUT2D eigenvalue weighted by Gasteiger charge is 2.30. The van der Waals surface area contributed by atoms with Gasteiger partial charge in [0.05, 0.1) is 35.4 Å². The lowest BCUT2D eigenvalue weighted by Gasteiger charge is -2.29. The number of para-hydroxylation sites is 1. The maximum Gasteiger partial charge on any atom is 0.309 e. The number of aliphatic carboxylic acids is 1. The third kappa shape index (κ3) is 4.38. The van der Waals surface area contributed by atoms with Crippen LogP contribution in [0.15, 0.2) is 24.3 Å². The Labute approximate surface area is 192 Å². The second-order valence-electron chi connectivity index (χ2n) is 9.66. The Balaban J connectivity index is 1.60. The molecule has 33 heavy (non-hydrogen) atoms. The third-order valence-corrected chi connectivity index (χ3v) is 6.77. The zero-order valence-electron chi connectivity index (χ0n) is 19.7. The Kier molecular flexibility index (Phi) is 6.03. The summed E-state index contributed by atoms with van der Waals surface area (Å²) in [5.41, 5.74) is 3.65. The van der Waals surface area contributed by atoms with E-state index in [2.05, 4.69) is 5.10 Å². The molecule has 0 spiro atoms. The van der Waals surface area contributed by atoms with E-state index in [1.54, 1.807) is 19.9 Å². The van der Waals surface area contributed by atoms with Gasteiger partial charge in [-0.05, 0) is 57.7 Å². The van der Waals surface area contributed by atoms with Gasteiger partial charge in [-0.1, -0.05) is 12.1 Å². The van der Waals surface area contributed by atoms with E-state index in [0.29, 0.717) is 50.8 Å². The minimum atomic E-state index is -0.852. The quantitative estimate of drug-likeness (QED) is 0.584. The van der Waals surface area contributed by atoms with E-state index >= 15 is 0 Å². The molecule has 176 valence electrons. The number of rotatable bonds is 7. The van der Waals surface area contributed by atoms with E-state index in [1.807, 2.05) is 40.3 Å². The van der Waals surface area contributed by atoms with Gasteiger partial charge in [0, 0.05) is 31.1 Å². The number of carbonyl (C=O) groups is 2. The standard InChI is InChI=1S/C25H31FN4O3/c1-16-13-17(28(4)27-16)14-30-21-15-29(22(31)9-6-11-25(2,3)24(32)33)12-10-18(21)19-7-5-8-20(26)23(19)30/h5,7-8,13H,6,9-12,14-15H2,1-4H3,(H,32,33). The molecule has 0 radical (unpaired) electrons. The van der Waals surface area contributed by atoms with Crippen LogP contribution in [0.4, 0.5) is 4.39 Å². The molecule has 3 aromatic rings. The molecule has 0 atom stereocenters. The van der Waals surface area contributed by atoms with E-state index in [-0.39, 0.29) is 11.7 Å². The Morgan fingerprint density at radius 1 is 1.27 bits per heavy atom. The first-order valence-corrected chi connectivity index (χ1v) is 11.4. The smallest absolute Gasteiger partial charge is 0.309 e. The molecule has 1 amide bonds. The lowest BCUT2D eigenvalue weighted by atomic mass is 9.87. The summed E-state index contributed by atoms with van der Waals surface area (Å²) in [6.45, 7) is 6.76. The van der Waals surface area contributed by atoms with Crippen molar-refractivity contribution in [3.05, 3.63) is 52.7 Å². The fourth-order valence-corrected chi connectivity index (χ4v) is 4.76. The van der Waals surface area contributed by atoms with Gasteiger partial charge in [0.1, 0.15) is 5.82 Å².